The molecule has 1 rings (SSSR count). The molecule has 1 aromatic carbocycles. The quantitative estimate of drug-likeness (QED) is 0.812. The highest BCUT2D eigenvalue weighted by molar-refractivity contribution is 5.21. The maximum absolute atomic E-state index is 13.4. The Hall–Kier alpha value is -1.00. The molecule has 0 saturated heterocycles. The van der Waals surface area contributed by atoms with E-state index in [2.05, 4.69) is 5.32 Å². The van der Waals surface area contributed by atoms with Crippen molar-refractivity contribution < 1.29 is 13.9 Å². The Morgan fingerprint density at radius 3 is 2.56 bits per heavy atom. The molecule has 0 bridgehead atoms. The van der Waals surface area contributed by atoms with E-state index in [4.69, 9.17) is 5.11 Å². The van der Waals surface area contributed by atoms with Gasteiger partial charge >= 0.3 is 0 Å². The third kappa shape index (κ3) is 3.25. The van der Waals surface area contributed by atoms with Crippen LogP contribution in [-0.2, 0) is 0 Å². The van der Waals surface area contributed by atoms with Crippen molar-refractivity contribution in [2.45, 2.75) is 32.4 Å². The summed E-state index contributed by atoms with van der Waals surface area (Å²) in [5.74, 6) is -1.14. The number of rotatable bonds is 5. The van der Waals surface area contributed by atoms with E-state index in [0.717, 1.165) is 12.5 Å². The molecule has 1 aromatic rings. The van der Waals surface area contributed by atoms with E-state index in [1.807, 2.05) is 6.92 Å². The zero-order chi connectivity index (χ0) is 12.1. The van der Waals surface area contributed by atoms with Crippen molar-refractivity contribution in [2.75, 3.05) is 6.61 Å². The minimum atomic E-state index is -0.581. The molecule has 0 aliphatic carbocycles. The zero-order valence-electron chi connectivity index (χ0n) is 9.50. The molecule has 2 atom stereocenters. The van der Waals surface area contributed by atoms with Crippen molar-refractivity contribution in [1.29, 1.82) is 0 Å². The van der Waals surface area contributed by atoms with Gasteiger partial charge in [0.05, 0.1) is 6.61 Å². The van der Waals surface area contributed by atoms with Gasteiger partial charge in [0.25, 0.3) is 0 Å². The average molecular weight is 229 g/mol. The maximum Gasteiger partial charge on any atom is 0.130 e. The van der Waals surface area contributed by atoms with Gasteiger partial charge in [0.1, 0.15) is 11.6 Å². The Kier molecular flexibility index (Phi) is 4.83. The van der Waals surface area contributed by atoms with Crippen LogP contribution in [0.4, 0.5) is 8.78 Å². The SMILES string of the molecule is CC[C@@H](CO)NC(C)c1ccc(F)cc1F. The summed E-state index contributed by atoms with van der Waals surface area (Å²) in [5, 5.41) is 12.1. The van der Waals surface area contributed by atoms with Crippen molar-refractivity contribution in [1.82, 2.24) is 5.32 Å². The molecule has 16 heavy (non-hydrogen) atoms. The molecule has 0 radical (unpaired) electrons. The van der Waals surface area contributed by atoms with Crippen LogP contribution in [0.15, 0.2) is 18.2 Å². The Labute approximate surface area is 94.3 Å². The fourth-order valence-electron chi connectivity index (χ4n) is 1.60. The lowest BCUT2D eigenvalue weighted by molar-refractivity contribution is 0.229. The van der Waals surface area contributed by atoms with E-state index in [0.29, 0.717) is 5.56 Å². The molecule has 0 fully saturated rings. The number of aliphatic hydroxyl groups is 1. The molecule has 0 aromatic heterocycles. The second kappa shape index (κ2) is 5.92. The number of hydrogen-bond acceptors (Lipinski definition) is 2. The van der Waals surface area contributed by atoms with Crippen molar-refractivity contribution in [3.8, 4) is 0 Å². The summed E-state index contributed by atoms with van der Waals surface area (Å²) in [4.78, 5) is 0. The molecule has 0 aliphatic rings. The molecule has 0 amide bonds. The fourth-order valence-corrected chi connectivity index (χ4v) is 1.60. The van der Waals surface area contributed by atoms with Gasteiger partial charge in [-0.3, -0.25) is 0 Å². The van der Waals surface area contributed by atoms with Crippen molar-refractivity contribution in [2.24, 2.45) is 0 Å². The van der Waals surface area contributed by atoms with Crippen LogP contribution in [0.25, 0.3) is 0 Å². The minimum absolute atomic E-state index is 0.00362. The van der Waals surface area contributed by atoms with Gasteiger partial charge in [-0.05, 0) is 19.4 Å². The summed E-state index contributed by atoms with van der Waals surface area (Å²) >= 11 is 0. The van der Waals surface area contributed by atoms with Gasteiger partial charge in [0, 0.05) is 23.7 Å². The first kappa shape index (κ1) is 13.1. The van der Waals surface area contributed by atoms with Crippen LogP contribution in [0.5, 0.6) is 0 Å². The predicted molar refractivity (Wildman–Crippen MR) is 59.1 cm³/mol. The van der Waals surface area contributed by atoms with Crippen molar-refractivity contribution >= 4 is 0 Å². The van der Waals surface area contributed by atoms with Crippen LogP contribution < -0.4 is 5.32 Å². The topological polar surface area (TPSA) is 32.3 Å². The van der Waals surface area contributed by atoms with Gasteiger partial charge in [-0.15, -0.1) is 0 Å². The van der Waals surface area contributed by atoms with Crippen molar-refractivity contribution in [3.63, 3.8) is 0 Å². The number of nitrogens with one attached hydrogen (secondary N) is 1. The standard InChI is InChI=1S/C12H17F2NO/c1-3-10(7-16)15-8(2)11-5-4-9(13)6-12(11)14/h4-6,8,10,15-16H,3,7H2,1-2H3/t8?,10-/m0/s1. The van der Waals surface area contributed by atoms with E-state index >= 15 is 0 Å². The first-order valence-electron chi connectivity index (χ1n) is 5.40. The first-order chi connectivity index (χ1) is 7.58. The minimum Gasteiger partial charge on any atom is -0.395 e. The Morgan fingerprint density at radius 1 is 1.38 bits per heavy atom. The van der Waals surface area contributed by atoms with Gasteiger partial charge < -0.3 is 10.4 Å². The second-order valence-electron chi connectivity index (χ2n) is 3.84. The molecule has 0 heterocycles. The van der Waals surface area contributed by atoms with E-state index in [1.54, 1.807) is 6.92 Å². The normalized spacial score (nSPS) is 14.8. The lowest BCUT2D eigenvalue weighted by Gasteiger charge is -2.21. The molecular weight excluding hydrogens is 212 g/mol. The smallest absolute Gasteiger partial charge is 0.130 e. The lowest BCUT2D eigenvalue weighted by atomic mass is 10.1. The first-order valence-corrected chi connectivity index (χ1v) is 5.40. The Balaban J connectivity index is 2.76. The number of benzene rings is 1. The van der Waals surface area contributed by atoms with E-state index in [-0.39, 0.29) is 18.7 Å². The summed E-state index contributed by atoms with van der Waals surface area (Å²) < 4.78 is 26.1. The van der Waals surface area contributed by atoms with Gasteiger partial charge in [-0.1, -0.05) is 13.0 Å². The summed E-state index contributed by atoms with van der Waals surface area (Å²) in [7, 11) is 0. The lowest BCUT2D eigenvalue weighted by Crippen LogP contribution is -2.34. The van der Waals surface area contributed by atoms with E-state index in [1.165, 1.54) is 12.1 Å². The zero-order valence-corrected chi connectivity index (χ0v) is 9.50. The molecule has 2 nitrogen and oxygen atoms in total. The third-order valence-corrected chi connectivity index (χ3v) is 2.63. The molecule has 4 heteroatoms. The number of aliphatic hydroxyl groups excluding tert-OH is 1. The molecule has 1 unspecified atom stereocenters. The Morgan fingerprint density at radius 2 is 2.06 bits per heavy atom. The van der Waals surface area contributed by atoms with Crippen LogP contribution >= 0.6 is 0 Å². The monoisotopic (exact) mass is 229 g/mol. The van der Waals surface area contributed by atoms with Crippen LogP contribution in [0, 0.1) is 11.6 Å². The van der Waals surface area contributed by atoms with Gasteiger partial charge in [0.15, 0.2) is 0 Å². The third-order valence-electron chi connectivity index (χ3n) is 2.63. The number of hydrogen-bond donors (Lipinski definition) is 2. The van der Waals surface area contributed by atoms with Crippen molar-refractivity contribution in [3.05, 3.63) is 35.4 Å². The molecule has 0 aliphatic heterocycles. The van der Waals surface area contributed by atoms with Crippen LogP contribution in [0.3, 0.4) is 0 Å². The molecule has 0 saturated carbocycles. The summed E-state index contributed by atoms with van der Waals surface area (Å²) in [6, 6.07) is 3.20. The summed E-state index contributed by atoms with van der Waals surface area (Å²) in [5.41, 5.74) is 0.410. The largest absolute Gasteiger partial charge is 0.395 e. The fraction of sp³-hybridized carbons (Fsp3) is 0.500. The highest BCUT2D eigenvalue weighted by atomic mass is 19.1. The van der Waals surface area contributed by atoms with Gasteiger partial charge in [-0.25, -0.2) is 8.78 Å². The molecule has 90 valence electrons. The Bertz CT molecular complexity index is 340. The maximum atomic E-state index is 13.4. The van der Waals surface area contributed by atoms with E-state index < -0.39 is 11.6 Å². The van der Waals surface area contributed by atoms with Crippen LogP contribution in [0.1, 0.15) is 31.9 Å². The van der Waals surface area contributed by atoms with Crippen LogP contribution in [0.2, 0.25) is 0 Å². The summed E-state index contributed by atoms with van der Waals surface area (Å²) in [6.07, 6.45) is 0.754. The average Bonchev–Trinajstić information content (AvgIpc) is 2.25. The highest BCUT2D eigenvalue weighted by Gasteiger charge is 2.14. The summed E-state index contributed by atoms with van der Waals surface area (Å²) in [6.45, 7) is 3.72. The second-order valence-corrected chi connectivity index (χ2v) is 3.84. The van der Waals surface area contributed by atoms with Gasteiger partial charge in [-0.2, -0.15) is 0 Å². The molecule has 2 N–H and O–H groups in total. The van der Waals surface area contributed by atoms with Crippen LogP contribution in [-0.4, -0.2) is 17.8 Å². The van der Waals surface area contributed by atoms with E-state index in [9.17, 15) is 8.78 Å². The highest BCUT2D eigenvalue weighted by Crippen LogP contribution is 2.18. The van der Waals surface area contributed by atoms with Gasteiger partial charge in [0.2, 0.25) is 0 Å². The molecule has 0 spiro atoms. The predicted octanol–water partition coefficient (Wildman–Crippen LogP) is 2.39. The molecular formula is C12H17F2NO. The number of halogens is 2.